The highest BCUT2D eigenvalue weighted by Gasteiger charge is 2.66. The van der Waals surface area contributed by atoms with Gasteiger partial charge in [-0.1, -0.05) is 17.7 Å². The average Bonchev–Trinajstić information content (AvgIpc) is 3.02. The maximum Gasteiger partial charge on any atom is 0.268 e. The van der Waals surface area contributed by atoms with Crippen LogP contribution in [0.25, 0.3) is 0 Å². The Morgan fingerprint density at radius 1 is 1.00 bits per heavy atom. The van der Waals surface area contributed by atoms with E-state index < -0.39 is 39.7 Å². The molecule has 1 fully saturated rings. The second-order valence-corrected chi connectivity index (χ2v) is 9.22. The van der Waals surface area contributed by atoms with Gasteiger partial charge in [-0.3, -0.25) is 19.2 Å². The van der Waals surface area contributed by atoms with Crippen LogP contribution in [0.5, 0.6) is 0 Å². The number of anilines is 1. The lowest BCUT2D eigenvalue weighted by molar-refractivity contribution is -0.136. The zero-order valence-electron chi connectivity index (χ0n) is 16.5. The number of rotatable bonds is 2. The number of sulfonamides is 1. The van der Waals surface area contributed by atoms with E-state index in [1.54, 1.807) is 13.0 Å². The lowest BCUT2D eigenvalue weighted by Gasteiger charge is -2.30. The predicted octanol–water partition coefficient (Wildman–Crippen LogP) is 1.91. The van der Waals surface area contributed by atoms with Crippen molar-refractivity contribution in [3.63, 3.8) is 0 Å². The molecule has 154 valence electrons. The second kappa shape index (κ2) is 6.33. The molecule has 2 heterocycles. The maximum absolute atomic E-state index is 13.6. The standard InChI is InChI=1S/C21H18N2O6S/c1-12-4-9-18-17(10-12)21(23(14(3)25)30(18,28)29)11-19(26)22(20(21)27)16-7-5-15(6-8-16)13(2)24/h4-10H,11H2,1-3H3. The Morgan fingerprint density at radius 2 is 1.63 bits per heavy atom. The molecule has 1 atom stereocenters. The van der Waals surface area contributed by atoms with E-state index in [4.69, 9.17) is 0 Å². The van der Waals surface area contributed by atoms with Crippen molar-refractivity contribution in [1.29, 1.82) is 0 Å². The second-order valence-electron chi connectivity index (χ2n) is 7.46. The van der Waals surface area contributed by atoms with E-state index in [1.165, 1.54) is 43.3 Å². The molecule has 4 rings (SSSR count). The van der Waals surface area contributed by atoms with Gasteiger partial charge in [0.15, 0.2) is 11.3 Å². The van der Waals surface area contributed by atoms with Crippen LogP contribution in [0.15, 0.2) is 47.4 Å². The van der Waals surface area contributed by atoms with E-state index in [0.29, 0.717) is 15.4 Å². The van der Waals surface area contributed by atoms with Crippen molar-refractivity contribution in [3.8, 4) is 0 Å². The fourth-order valence-corrected chi connectivity index (χ4v) is 6.12. The minimum Gasteiger partial charge on any atom is -0.295 e. The number of nitrogens with zero attached hydrogens (tertiary/aromatic N) is 2. The molecule has 1 spiro atoms. The molecule has 2 aromatic carbocycles. The van der Waals surface area contributed by atoms with Crippen molar-refractivity contribution >= 4 is 39.2 Å². The third kappa shape index (κ3) is 2.48. The van der Waals surface area contributed by atoms with Crippen LogP contribution in [0.4, 0.5) is 5.69 Å². The van der Waals surface area contributed by atoms with Crippen LogP contribution in [-0.4, -0.2) is 36.2 Å². The Labute approximate surface area is 173 Å². The number of carbonyl (C=O) groups excluding carboxylic acids is 4. The van der Waals surface area contributed by atoms with Crippen LogP contribution in [0.3, 0.4) is 0 Å². The zero-order chi connectivity index (χ0) is 22.0. The lowest BCUT2D eigenvalue weighted by Crippen LogP contribution is -2.51. The molecule has 0 bridgehead atoms. The van der Waals surface area contributed by atoms with Gasteiger partial charge in [-0.05, 0) is 44.2 Å². The molecule has 0 saturated carbocycles. The third-order valence-corrected chi connectivity index (χ3v) is 7.44. The number of aryl methyl sites for hydroxylation is 1. The van der Waals surface area contributed by atoms with Gasteiger partial charge in [0, 0.05) is 18.1 Å². The van der Waals surface area contributed by atoms with Gasteiger partial charge in [-0.15, -0.1) is 0 Å². The molecule has 2 aliphatic rings. The van der Waals surface area contributed by atoms with E-state index in [2.05, 4.69) is 0 Å². The SMILES string of the molecule is CC(=O)c1ccc(N2C(=O)CC3(C2=O)c2cc(C)ccc2S(=O)(=O)N3C(C)=O)cc1. The van der Waals surface area contributed by atoms with Gasteiger partial charge in [0.25, 0.3) is 15.9 Å². The summed E-state index contributed by atoms with van der Waals surface area (Å²) in [6.45, 7) is 4.18. The van der Waals surface area contributed by atoms with Gasteiger partial charge in [0.05, 0.1) is 17.0 Å². The van der Waals surface area contributed by atoms with Crippen molar-refractivity contribution in [2.75, 3.05) is 4.90 Å². The number of hydrogen-bond acceptors (Lipinski definition) is 6. The highest BCUT2D eigenvalue weighted by atomic mass is 32.2. The van der Waals surface area contributed by atoms with Crippen molar-refractivity contribution in [3.05, 3.63) is 59.2 Å². The van der Waals surface area contributed by atoms with Crippen LogP contribution in [-0.2, 0) is 29.9 Å². The molecule has 0 aromatic heterocycles. The van der Waals surface area contributed by atoms with E-state index in [-0.39, 0.29) is 21.9 Å². The molecule has 8 nitrogen and oxygen atoms in total. The molecule has 1 saturated heterocycles. The summed E-state index contributed by atoms with van der Waals surface area (Å²) in [5.41, 5.74) is -0.532. The summed E-state index contributed by atoms with van der Waals surface area (Å²) in [6.07, 6.45) is -0.491. The Hall–Kier alpha value is -3.33. The summed E-state index contributed by atoms with van der Waals surface area (Å²) in [6, 6.07) is 10.3. The molecule has 0 N–H and O–H groups in total. The highest BCUT2D eigenvalue weighted by molar-refractivity contribution is 7.90. The summed E-state index contributed by atoms with van der Waals surface area (Å²) in [4.78, 5) is 51.2. The first-order valence-electron chi connectivity index (χ1n) is 9.17. The molecule has 2 aromatic rings. The fraction of sp³-hybridized carbons (Fsp3) is 0.238. The number of fused-ring (bicyclic) bond motifs is 2. The van der Waals surface area contributed by atoms with Gasteiger partial charge >= 0.3 is 0 Å². The monoisotopic (exact) mass is 426 g/mol. The van der Waals surface area contributed by atoms with E-state index in [9.17, 15) is 27.6 Å². The zero-order valence-corrected chi connectivity index (χ0v) is 17.3. The maximum atomic E-state index is 13.6. The minimum atomic E-state index is -4.29. The first kappa shape index (κ1) is 20.0. The quantitative estimate of drug-likeness (QED) is 0.536. The van der Waals surface area contributed by atoms with E-state index in [1.807, 2.05) is 0 Å². The molecular weight excluding hydrogens is 408 g/mol. The first-order chi connectivity index (χ1) is 14.0. The highest BCUT2D eigenvalue weighted by Crippen LogP contribution is 2.51. The lowest BCUT2D eigenvalue weighted by atomic mass is 9.87. The number of carbonyl (C=O) groups is 4. The summed E-state index contributed by atoms with van der Waals surface area (Å²) < 4.78 is 26.7. The molecule has 0 radical (unpaired) electrons. The number of imide groups is 1. The molecule has 1 unspecified atom stereocenters. The van der Waals surface area contributed by atoms with Gasteiger partial charge in [-0.25, -0.2) is 17.6 Å². The Bertz CT molecular complexity index is 1250. The number of hydrogen-bond donors (Lipinski definition) is 0. The molecular formula is C21H18N2O6S. The average molecular weight is 426 g/mol. The van der Waals surface area contributed by atoms with Crippen LogP contribution in [0, 0.1) is 6.92 Å². The summed E-state index contributed by atoms with van der Waals surface area (Å²) in [5.74, 6) is -2.47. The fourth-order valence-electron chi connectivity index (χ4n) is 4.19. The largest absolute Gasteiger partial charge is 0.295 e. The third-order valence-electron chi connectivity index (χ3n) is 5.48. The van der Waals surface area contributed by atoms with Gasteiger partial charge < -0.3 is 0 Å². The molecule has 0 aliphatic carbocycles. The minimum absolute atomic E-state index is 0.124. The van der Waals surface area contributed by atoms with Crippen LogP contribution < -0.4 is 4.90 Å². The number of ketones is 1. The van der Waals surface area contributed by atoms with Gasteiger partial charge in [0.1, 0.15) is 0 Å². The van der Waals surface area contributed by atoms with Crippen molar-refractivity contribution < 1.29 is 27.6 Å². The summed E-state index contributed by atoms with van der Waals surface area (Å²) >= 11 is 0. The van der Waals surface area contributed by atoms with Crippen molar-refractivity contribution in [2.45, 2.75) is 37.6 Å². The van der Waals surface area contributed by atoms with Gasteiger partial charge in [-0.2, -0.15) is 0 Å². The van der Waals surface area contributed by atoms with Crippen molar-refractivity contribution in [2.24, 2.45) is 0 Å². The first-order valence-corrected chi connectivity index (χ1v) is 10.6. The van der Waals surface area contributed by atoms with Crippen LogP contribution in [0.1, 0.15) is 41.8 Å². The summed E-state index contributed by atoms with van der Waals surface area (Å²) in [7, 11) is -4.29. The number of benzene rings is 2. The summed E-state index contributed by atoms with van der Waals surface area (Å²) in [5, 5.41) is 0. The topological polar surface area (TPSA) is 109 Å². The number of amides is 3. The molecule has 9 heteroatoms. The molecule has 30 heavy (non-hydrogen) atoms. The predicted molar refractivity (Wildman–Crippen MR) is 106 cm³/mol. The smallest absolute Gasteiger partial charge is 0.268 e. The Kier molecular flexibility index (Phi) is 4.21. The molecule has 2 aliphatic heterocycles. The normalized spacial score (nSPS) is 22.0. The Balaban J connectivity index is 1.93. The van der Waals surface area contributed by atoms with E-state index >= 15 is 0 Å². The van der Waals surface area contributed by atoms with E-state index in [0.717, 1.165) is 11.8 Å². The molecule has 3 amide bonds. The van der Waals surface area contributed by atoms with Crippen molar-refractivity contribution in [1.82, 2.24) is 4.31 Å². The van der Waals surface area contributed by atoms with Gasteiger partial charge in [0.2, 0.25) is 11.8 Å². The Morgan fingerprint density at radius 3 is 2.20 bits per heavy atom. The number of Topliss-reactive ketones (excluding diaryl/α,β-unsaturated/α-hetero) is 1. The van der Waals surface area contributed by atoms with Crippen LogP contribution in [0.2, 0.25) is 0 Å². The van der Waals surface area contributed by atoms with Crippen LogP contribution >= 0.6 is 0 Å².